The molecule has 1 aliphatic heterocycles. The summed E-state index contributed by atoms with van der Waals surface area (Å²) in [6, 6.07) is 0.369. The van der Waals surface area contributed by atoms with E-state index in [1.165, 1.54) is 12.8 Å². The number of hydrogen-bond donors (Lipinski definition) is 1. The van der Waals surface area contributed by atoms with Crippen molar-refractivity contribution < 1.29 is 5.11 Å². The Labute approximate surface area is 96.9 Å². The molecule has 0 aliphatic carbocycles. The van der Waals surface area contributed by atoms with Gasteiger partial charge in [-0.3, -0.25) is 4.90 Å². The van der Waals surface area contributed by atoms with E-state index in [0.29, 0.717) is 12.6 Å². The van der Waals surface area contributed by atoms with Gasteiger partial charge < -0.3 is 9.67 Å². The van der Waals surface area contributed by atoms with E-state index in [-0.39, 0.29) is 0 Å². The van der Waals surface area contributed by atoms with E-state index in [1.807, 2.05) is 19.4 Å². The Balaban J connectivity index is 1.86. The van der Waals surface area contributed by atoms with Gasteiger partial charge >= 0.3 is 0 Å². The summed E-state index contributed by atoms with van der Waals surface area (Å²) in [4.78, 5) is 6.73. The van der Waals surface area contributed by atoms with Gasteiger partial charge in [-0.15, -0.1) is 0 Å². The number of piperidine rings is 1. The van der Waals surface area contributed by atoms with Gasteiger partial charge in [-0.05, 0) is 19.4 Å². The van der Waals surface area contributed by atoms with Gasteiger partial charge in [-0.25, -0.2) is 4.98 Å². The molecule has 0 radical (unpaired) electrons. The number of aliphatic hydroxyl groups is 1. The molecule has 0 bridgehead atoms. The average molecular weight is 223 g/mol. The summed E-state index contributed by atoms with van der Waals surface area (Å²) < 4.78 is 2.07. The third kappa shape index (κ3) is 2.62. The first kappa shape index (κ1) is 11.6. The predicted molar refractivity (Wildman–Crippen MR) is 63.2 cm³/mol. The Hall–Kier alpha value is -0.870. The van der Waals surface area contributed by atoms with Crippen LogP contribution >= 0.6 is 0 Å². The van der Waals surface area contributed by atoms with Crippen molar-refractivity contribution in [2.24, 2.45) is 7.05 Å². The average Bonchev–Trinajstić information content (AvgIpc) is 2.72. The molecule has 1 saturated heterocycles. The van der Waals surface area contributed by atoms with E-state index < -0.39 is 0 Å². The molecule has 0 amide bonds. The van der Waals surface area contributed by atoms with Crippen LogP contribution in [0, 0.1) is 0 Å². The number of rotatable bonds is 4. The summed E-state index contributed by atoms with van der Waals surface area (Å²) in [7, 11) is 2.03. The third-order valence-electron chi connectivity index (χ3n) is 3.50. The summed E-state index contributed by atoms with van der Waals surface area (Å²) in [5.74, 6) is 1.13. The zero-order chi connectivity index (χ0) is 11.4. The first-order valence-electron chi connectivity index (χ1n) is 6.12. The molecule has 1 aromatic rings. The fourth-order valence-corrected chi connectivity index (χ4v) is 2.44. The number of aryl methyl sites for hydroxylation is 1. The van der Waals surface area contributed by atoms with Gasteiger partial charge in [0.2, 0.25) is 0 Å². The van der Waals surface area contributed by atoms with Crippen molar-refractivity contribution in [2.45, 2.75) is 31.7 Å². The Bertz CT molecular complexity index is 324. The largest absolute Gasteiger partial charge is 0.395 e. The Morgan fingerprint density at radius 3 is 3.06 bits per heavy atom. The van der Waals surface area contributed by atoms with Crippen LogP contribution in [0.3, 0.4) is 0 Å². The Morgan fingerprint density at radius 1 is 1.50 bits per heavy atom. The van der Waals surface area contributed by atoms with Crippen LogP contribution in [-0.4, -0.2) is 45.3 Å². The van der Waals surface area contributed by atoms with E-state index >= 15 is 0 Å². The van der Waals surface area contributed by atoms with Gasteiger partial charge in [0, 0.05) is 38.4 Å². The molecule has 1 aliphatic rings. The smallest absolute Gasteiger partial charge is 0.109 e. The van der Waals surface area contributed by atoms with E-state index in [1.54, 1.807) is 0 Å². The van der Waals surface area contributed by atoms with Crippen LogP contribution in [0.1, 0.15) is 25.1 Å². The molecule has 1 unspecified atom stereocenters. The number of likely N-dealkylation sites (tertiary alicyclic amines) is 1. The lowest BCUT2D eigenvalue weighted by Crippen LogP contribution is -2.42. The lowest BCUT2D eigenvalue weighted by molar-refractivity contribution is 0.0907. The molecular weight excluding hydrogens is 202 g/mol. The maximum atomic E-state index is 9.31. The number of nitrogens with zero attached hydrogens (tertiary/aromatic N) is 3. The van der Waals surface area contributed by atoms with E-state index in [2.05, 4.69) is 14.5 Å². The molecule has 1 aromatic heterocycles. The van der Waals surface area contributed by atoms with Crippen molar-refractivity contribution >= 4 is 0 Å². The third-order valence-corrected chi connectivity index (χ3v) is 3.50. The van der Waals surface area contributed by atoms with Crippen molar-refractivity contribution in [2.75, 3.05) is 19.7 Å². The van der Waals surface area contributed by atoms with Crippen molar-refractivity contribution in [1.82, 2.24) is 14.5 Å². The molecule has 16 heavy (non-hydrogen) atoms. The molecule has 0 aromatic carbocycles. The molecule has 0 spiro atoms. The highest BCUT2D eigenvalue weighted by molar-refractivity contribution is 4.92. The van der Waals surface area contributed by atoms with E-state index in [0.717, 1.165) is 31.8 Å². The minimum absolute atomic E-state index is 0.292. The number of aliphatic hydroxyl groups excluding tert-OH is 1. The predicted octanol–water partition coefficient (Wildman–Crippen LogP) is 0.809. The molecule has 0 saturated carbocycles. The van der Waals surface area contributed by atoms with Crippen molar-refractivity contribution in [3.63, 3.8) is 0 Å². The van der Waals surface area contributed by atoms with Crippen LogP contribution < -0.4 is 0 Å². The normalized spacial score (nSPS) is 22.5. The zero-order valence-corrected chi connectivity index (χ0v) is 9.97. The van der Waals surface area contributed by atoms with Crippen LogP contribution in [0.4, 0.5) is 0 Å². The quantitative estimate of drug-likeness (QED) is 0.821. The van der Waals surface area contributed by atoms with E-state index in [4.69, 9.17) is 0 Å². The molecule has 1 fully saturated rings. The highest BCUT2D eigenvalue weighted by atomic mass is 16.3. The molecular formula is C12H21N3O. The van der Waals surface area contributed by atoms with E-state index in [9.17, 15) is 5.11 Å². The minimum Gasteiger partial charge on any atom is -0.395 e. The van der Waals surface area contributed by atoms with Crippen LogP contribution in [0.25, 0.3) is 0 Å². The summed E-state index contributed by atoms with van der Waals surface area (Å²) in [5.41, 5.74) is 0. The highest BCUT2D eigenvalue weighted by Gasteiger charge is 2.21. The lowest BCUT2D eigenvalue weighted by atomic mass is 10.0. The molecule has 2 rings (SSSR count). The van der Waals surface area contributed by atoms with Crippen molar-refractivity contribution in [1.29, 1.82) is 0 Å². The van der Waals surface area contributed by atoms with Gasteiger partial charge in [0.25, 0.3) is 0 Å². The first-order chi connectivity index (χ1) is 7.81. The van der Waals surface area contributed by atoms with Crippen LogP contribution in [-0.2, 0) is 13.5 Å². The molecule has 4 nitrogen and oxygen atoms in total. The minimum atomic E-state index is 0.292. The summed E-state index contributed by atoms with van der Waals surface area (Å²) in [6.45, 7) is 2.42. The van der Waals surface area contributed by atoms with Gasteiger partial charge in [-0.1, -0.05) is 6.42 Å². The number of imidazole rings is 1. The van der Waals surface area contributed by atoms with Crippen LogP contribution in [0.15, 0.2) is 12.4 Å². The van der Waals surface area contributed by atoms with Crippen molar-refractivity contribution in [3.05, 3.63) is 18.2 Å². The van der Waals surface area contributed by atoms with Crippen LogP contribution in [0.2, 0.25) is 0 Å². The molecule has 4 heteroatoms. The molecule has 2 heterocycles. The van der Waals surface area contributed by atoms with Gasteiger partial charge in [0.05, 0.1) is 6.61 Å². The Kier molecular flexibility index (Phi) is 3.96. The molecule has 1 atom stereocenters. The first-order valence-corrected chi connectivity index (χ1v) is 6.12. The highest BCUT2D eigenvalue weighted by Crippen LogP contribution is 2.16. The zero-order valence-electron chi connectivity index (χ0n) is 9.97. The molecule has 90 valence electrons. The van der Waals surface area contributed by atoms with Crippen LogP contribution in [0.5, 0.6) is 0 Å². The maximum Gasteiger partial charge on any atom is 0.109 e. The second-order valence-corrected chi connectivity index (χ2v) is 4.57. The van der Waals surface area contributed by atoms with Gasteiger partial charge in [-0.2, -0.15) is 0 Å². The topological polar surface area (TPSA) is 41.3 Å². The number of aromatic nitrogens is 2. The second-order valence-electron chi connectivity index (χ2n) is 4.57. The SMILES string of the molecule is Cn1ccnc1CCN1CCCCC1CO. The summed E-state index contributed by atoms with van der Waals surface area (Å²) >= 11 is 0. The Morgan fingerprint density at radius 2 is 2.38 bits per heavy atom. The fourth-order valence-electron chi connectivity index (χ4n) is 2.44. The monoisotopic (exact) mass is 223 g/mol. The summed E-state index contributed by atoms with van der Waals surface area (Å²) in [5, 5.41) is 9.31. The van der Waals surface area contributed by atoms with Gasteiger partial charge in [0.15, 0.2) is 0 Å². The summed E-state index contributed by atoms with van der Waals surface area (Å²) in [6.07, 6.45) is 8.45. The van der Waals surface area contributed by atoms with Crippen molar-refractivity contribution in [3.8, 4) is 0 Å². The van der Waals surface area contributed by atoms with Gasteiger partial charge in [0.1, 0.15) is 5.82 Å². The lowest BCUT2D eigenvalue weighted by Gasteiger charge is -2.34. The maximum absolute atomic E-state index is 9.31. The fraction of sp³-hybridized carbons (Fsp3) is 0.750. The number of hydrogen-bond acceptors (Lipinski definition) is 3. The standard InChI is InChI=1S/C12H21N3O/c1-14-9-6-13-12(14)5-8-15-7-3-2-4-11(15)10-16/h6,9,11,16H,2-5,7-8,10H2,1H3. The molecule has 1 N–H and O–H groups in total. The second kappa shape index (κ2) is 5.46.